The van der Waals surface area contributed by atoms with E-state index in [9.17, 15) is 9.59 Å². The summed E-state index contributed by atoms with van der Waals surface area (Å²) in [5, 5.41) is 6.54. The lowest BCUT2D eigenvalue weighted by Gasteiger charge is -2.17. The van der Waals surface area contributed by atoms with Gasteiger partial charge in [0, 0.05) is 18.0 Å². The Morgan fingerprint density at radius 3 is 2.43 bits per heavy atom. The predicted octanol–water partition coefficient (Wildman–Crippen LogP) is 2.45. The first-order valence-corrected chi connectivity index (χ1v) is 7.03. The van der Waals surface area contributed by atoms with Gasteiger partial charge >= 0.3 is 6.09 Å². The Balaban J connectivity index is 2.22. The lowest BCUT2D eigenvalue weighted by atomic mass is 10.2. The van der Waals surface area contributed by atoms with Gasteiger partial charge in [-0.25, -0.2) is 9.48 Å². The number of aliphatic imine (C=N–C) groups is 1. The predicted molar refractivity (Wildman–Crippen MR) is 85.2 cm³/mol. The van der Waals surface area contributed by atoms with E-state index in [2.05, 4.69) is 15.4 Å². The highest BCUT2D eigenvalue weighted by atomic mass is 16.6. The topological polar surface area (TPSA) is 85.6 Å². The molecule has 0 aliphatic rings. The van der Waals surface area contributed by atoms with Gasteiger partial charge in [0.1, 0.15) is 5.60 Å². The van der Waals surface area contributed by atoms with Crippen LogP contribution in [0.4, 0.5) is 4.79 Å². The number of aromatic nitrogens is 2. The number of amides is 2. The molecule has 1 N–H and O–H groups in total. The maximum Gasteiger partial charge on any atom is 0.437 e. The number of rotatable bonds is 1. The number of ether oxygens (including phenoxy) is 1. The molecular formula is C16H18N4O3. The molecule has 120 valence electrons. The molecule has 0 radical (unpaired) electrons. The first-order valence-electron chi connectivity index (χ1n) is 7.03. The minimum atomic E-state index is -0.809. The van der Waals surface area contributed by atoms with E-state index in [1.54, 1.807) is 63.4 Å². The highest BCUT2D eigenvalue weighted by Crippen LogP contribution is 2.08. The zero-order valence-corrected chi connectivity index (χ0v) is 13.2. The van der Waals surface area contributed by atoms with Crippen molar-refractivity contribution in [3.63, 3.8) is 0 Å². The lowest BCUT2D eigenvalue weighted by molar-refractivity contribution is 0.0603. The average molecular weight is 314 g/mol. The minimum Gasteiger partial charge on any atom is -0.442 e. The molecule has 0 atom stereocenters. The zero-order valence-electron chi connectivity index (χ0n) is 13.2. The van der Waals surface area contributed by atoms with Crippen molar-refractivity contribution in [2.24, 2.45) is 4.99 Å². The number of benzene rings is 1. The van der Waals surface area contributed by atoms with Gasteiger partial charge in [-0.15, -0.1) is 4.99 Å². The molecule has 1 heterocycles. The maximum absolute atomic E-state index is 12.2. The van der Waals surface area contributed by atoms with Crippen molar-refractivity contribution >= 4 is 18.0 Å². The van der Waals surface area contributed by atoms with E-state index in [1.165, 1.54) is 10.9 Å². The molecule has 7 nitrogen and oxygen atoms in total. The van der Waals surface area contributed by atoms with Crippen LogP contribution in [0.5, 0.6) is 0 Å². The van der Waals surface area contributed by atoms with Gasteiger partial charge < -0.3 is 4.74 Å². The summed E-state index contributed by atoms with van der Waals surface area (Å²) >= 11 is 0. The fourth-order valence-electron chi connectivity index (χ4n) is 1.67. The lowest BCUT2D eigenvalue weighted by Crippen LogP contribution is -2.37. The molecule has 0 aliphatic heterocycles. The van der Waals surface area contributed by atoms with Gasteiger partial charge in [-0.3, -0.25) is 10.1 Å². The third kappa shape index (κ3) is 5.06. The highest BCUT2D eigenvalue weighted by molar-refractivity contribution is 6.08. The summed E-state index contributed by atoms with van der Waals surface area (Å²) in [4.78, 5) is 27.9. The van der Waals surface area contributed by atoms with Crippen molar-refractivity contribution in [1.29, 1.82) is 0 Å². The Labute approximate surface area is 134 Å². The van der Waals surface area contributed by atoms with E-state index in [0.717, 1.165) is 0 Å². The molecule has 0 bridgehead atoms. The van der Waals surface area contributed by atoms with Gasteiger partial charge in [-0.05, 0) is 39.0 Å². The van der Waals surface area contributed by atoms with Gasteiger partial charge in [0.15, 0.2) is 0 Å². The van der Waals surface area contributed by atoms with Crippen molar-refractivity contribution in [2.75, 3.05) is 0 Å². The molecule has 0 saturated carbocycles. The summed E-state index contributed by atoms with van der Waals surface area (Å²) in [5.74, 6) is -0.429. The SMILES string of the molecule is CC(C)(C)OC(=O)N=C(NC(=O)c1ccccc1)n1cccn1. The van der Waals surface area contributed by atoms with E-state index in [0.29, 0.717) is 5.56 Å². The smallest absolute Gasteiger partial charge is 0.437 e. The summed E-state index contributed by atoms with van der Waals surface area (Å²) < 4.78 is 6.42. The van der Waals surface area contributed by atoms with Gasteiger partial charge in [0.05, 0.1) is 0 Å². The Kier molecular flexibility index (Phi) is 4.90. The van der Waals surface area contributed by atoms with Gasteiger partial charge in [0.25, 0.3) is 5.91 Å². The number of carbonyl (C=O) groups is 2. The van der Waals surface area contributed by atoms with E-state index in [4.69, 9.17) is 4.74 Å². The third-order valence-corrected chi connectivity index (χ3v) is 2.57. The van der Waals surface area contributed by atoms with E-state index in [1.807, 2.05) is 0 Å². The number of hydrogen-bond acceptors (Lipinski definition) is 4. The monoisotopic (exact) mass is 314 g/mol. The molecule has 1 aromatic heterocycles. The molecule has 0 fully saturated rings. The van der Waals surface area contributed by atoms with Crippen LogP contribution in [0.3, 0.4) is 0 Å². The molecule has 0 saturated heterocycles. The second-order valence-electron chi connectivity index (χ2n) is 5.69. The molecule has 0 unspecified atom stereocenters. The minimum absolute atomic E-state index is 0.0295. The summed E-state index contributed by atoms with van der Waals surface area (Å²) in [6.45, 7) is 5.20. The van der Waals surface area contributed by atoms with E-state index in [-0.39, 0.29) is 5.96 Å². The summed E-state index contributed by atoms with van der Waals surface area (Å²) in [5.41, 5.74) is -0.240. The number of carbonyl (C=O) groups excluding carboxylic acids is 2. The fraction of sp³-hybridized carbons (Fsp3) is 0.250. The Hall–Kier alpha value is -2.96. The second kappa shape index (κ2) is 6.87. The largest absolute Gasteiger partial charge is 0.442 e. The first kappa shape index (κ1) is 16.4. The van der Waals surface area contributed by atoms with E-state index >= 15 is 0 Å². The van der Waals surface area contributed by atoms with Crippen molar-refractivity contribution in [3.05, 3.63) is 54.4 Å². The number of hydrogen-bond donors (Lipinski definition) is 1. The van der Waals surface area contributed by atoms with Crippen LogP contribution in [0.25, 0.3) is 0 Å². The highest BCUT2D eigenvalue weighted by Gasteiger charge is 2.18. The van der Waals surface area contributed by atoms with Crippen LogP contribution >= 0.6 is 0 Å². The van der Waals surface area contributed by atoms with Crippen LogP contribution in [0, 0.1) is 0 Å². The quantitative estimate of drug-likeness (QED) is 0.647. The summed E-state index contributed by atoms with van der Waals surface area (Å²) in [6.07, 6.45) is 2.27. The van der Waals surface area contributed by atoms with Crippen molar-refractivity contribution < 1.29 is 14.3 Å². The normalized spacial score (nSPS) is 11.9. The van der Waals surface area contributed by atoms with Crippen LogP contribution in [0.15, 0.2) is 53.8 Å². The maximum atomic E-state index is 12.2. The van der Waals surface area contributed by atoms with Crippen LogP contribution in [-0.2, 0) is 4.74 Å². The molecular weight excluding hydrogens is 296 g/mol. The Morgan fingerprint density at radius 1 is 1.17 bits per heavy atom. The van der Waals surface area contributed by atoms with Gasteiger partial charge in [-0.1, -0.05) is 18.2 Å². The molecule has 1 aromatic carbocycles. The number of nitrogens with one attached hydrogen (secondary N) is 1. The van der Waals surface area contributed by atoms with Crippen LogP contribution < -0.4 is 5.32 Å². The van der Waals surface area contributed by atoms with Gasteiger partial charge in [-0.2, -0.15) is 5.10 Å². The summed E-state index contributed by atoms with van der Waals surface area (Å²) in [6, 6.07) is 10.3. The molecule has 0 spiro atoms. The molecule has 2 amide bonds. The van der Waals surface area contributed by atoms with Crippen LogP contribution in [0.1, 0.15) is 31.1 Å². The Bertz CT molecular complexity index is 701. The van der Waals surface area contributed by atoms with E-state index < -0.39 is 17.6 Å². The van der Waals surface area contributed by atoms with Gasteiger partial charge in [0.2, 0.25) is 5.96 Å². The standard InChI is InChI=1S/C16H18N4O3/c1-16(2,3)23-15(22)19-14(20-11-7-10-17-20)18-13(21)12-8-5-4-6-9-12/h4-11H,1-3H3,(H,18,19,21,22). The molecule has 2 aromatic rings. The second-order valence-corrected chi connectivity index (χ2v) is 5.69. The first-order chi connectivity index (χ1) is 10.8. The number of nitrogens with zero attached hydrogens (tertiary/aromatic N) is 3. The van der Waals surface area contributed by atoms with Crippen molar-refractivity contribution in [1.82, 2.24) is 15.1 Å². The fourth-order valence-corrected chi connectivity index (χ4v) is 1.67. The van der Waals surface area contributed by atoms with Crippen molar-refractivity contribution in [2.45, 2.75) is 26.4 Å². The zero-order chi connectivity index (χ0) is 16.9. The molecule has 0 aliphatic carbocycles. The van der Waals surface area contributed by atoms with Crippen molar-refractivity contribution in [3.8, 4) is 0 Å². The third-order valence-electron chi connectivity index (χ3n) is 2.57. The summed E-state index contributed by atoms with van der Waals surface area (Å²) in [7, 11) is 0. The molecule has 23 heavy (non-hydrogen) atoms. The van der Waals surface area contributed by atoms with Crippen LogP contribution in [-0.4, -0.2) is 33.3 Å². The molecule has 2 rings (SSSR count). The Morgan fingerprint density at radius 2 is 1.87 bits per heavy atom. The van der Waals surface area contributed by atoms with Crippen LogP contribution in [0.2, 0.25) is 0 Å². The molecule has 7 heteroatoms. The average Bonchev–Trinajstić information content (AvgIpc) is 2.99.